The summed E-state index contributed by atoms with van der Waals surface area (Å²) in [6, 6.07) is 6.62. The Bertz CT molecular complexity index is 2090. The molecule has 0 aromatic heterocycles. The van der Waals surface area contributed by atoms with Gasteiger partial charge < -0.3 is 69.8 Å². The minimum atomic E-state index is -0.799. The average Bonchev–Trinajstić information content (AvgIpc) is 3.33. The van der Waals surface area contributed by atoms with Crippen LogP contribution in [0, 0.1) is 41.7 Å². The van der Waals surface area contributed by atoms with Crippen LogP contribution in [0.1, 0.15) is 44.0 Å². The van der Waals surface area contributed by atoms with Gasteiger partial charge in [0.2, 0.25) is 11.8 Å². The lowest BCUT2D eigenvalue weighted by Gasteiger charge is -2.32. The number of terminal acetylenes is 1. The van der Waals surface area contributed by atoms with Crippen molar-refractivity contribution in [1.29, 1.82) is 0 Å². The molecule has 18 nitrogen and oxygen atoms in total. The molecule has 2 fully saturated rings. The molecule has 23 heteroatoms. The zero-order valence-electron chi connectivity index (χ0n) is 39.6. The molecule has 2 saturated heterocycles. The van der Waals surface area contributed by atoms with Gasteiger partial charge in [-0.05, 0) is 26.0 Å². The van der Waals surface area contributed by atoms with Gasteiger partial charge in [0.25, 0.3) is 0 Å². The molecule has 8 atom stereocenters. The maximum absolute atomic E-state index is 15.3. The van der Waals surface area contributed by atoms with Crippen molar-refractivity contribution in [2.45, 2.75) is 59.5 Å². The fourth-order valence-corrected chi connectivity index (χ4v) is 9.22. The maximum Gasteiger partial charge on any atom is 0.315 e. The first-order valence-electron chi connectivity index (χ1n) is 22.5. The second-order valence-electron chi connectivity index (χ2n) is 15.7. The van der Waals surface area contributed by atoms with E-state index in [0.29, 0.717) is 25.5 Å². The van der Waals surface area contributed by atoms with E-state index in [1.54, 1.807) is 32.0 Å². The van der Waals surface area contributed by atoms with Crippen LogP contribution in [0.25, 0.3) is 0 Å². The minimum absolute atomic E-state index is 0.0262. The number of amides is 6. The molecule has 4 rings (SSSR count). The summed E-state index contributed by atoms with van der Waals surface area (Å²) in [5.74, 6) is 6.73. The monoisotopic (exact) mass is 1040 g/mol. The SMILES string of the molecule is C#CCOCCOCCOC[C@H](SC1NC(=O)NCC1C)C(=O)N[C@H](C)c1ccc(OCC#CCOCCOCCOC[C@H](SC2NC(=O)NCC2Cl)C(=O)N[C@H](C)c2ccc(OC)cc2F)cc1F. The van der Waals surface area contributed by atoms with Crippen LogP contribution in [0.15, 0.2) is 36.4 Å². The van der Waals surface area contributed by atoms with Gasteiger partial charge in [0, 0.05) is 42.3 Å². The number of benzene rings is 2. The predicted molar refractivity (Wildman–Crippen MR) is 262 cm³/mol. The number of hydrogen-bond donors (Lipinski definition) is 6. The molecule has 0 bridgehead atoms. The van der Waals surface area contributed by atoms with E-state index in [9.17, 15) is 23.6 Å². The molecule has 0 spiro atoms. The Balaban J connectivity index is 1.13. The summed E-state index contributed by atoms with van der Waals surface area (Å²) in [6.07, 6.45) is 5.16. The van der Waals surface area contributed by atoms with Crippen LogP contribution in [0.3, 0.4) is 0 Å². The number of carbonyl (C=O) groups is 4. The van der Waals surface area contributed by atoms with Crippen molar-refractivity contribution in [3.63, 3.8) is 0 Å². The van der Waals surface area contributed by atoms with Crippen LogP contribution in [0.5, 0.6) is 11.5 Å². The third kappa shape index (κ3) is 20.9. The number of thioether (sulfide) groups is 2. The highest BCUT2D eigenvalue weighted by Gasteiger charge is 2.34. The normalized spacial score (nSPS) is 19.3. The summed E-state index contributed by atoms with van der Waals surface area (Å²) < 4.78 is 74.0. The van der Waals surface area contributed by atoms with E-state index in [1.165, 1.54) is 37.1 Å². The molecule has 2 aromatic carbocycles. The van der Waals surface area contributed by atoms with Gasteiger partial charge in [-0.15, -0.1) is 41.5 Å². The Kier molecular flexibility index (Phi) is 26.7. The molecule has 2 aliphatic heterocycles. The largest absolute Gasteiger partial charge is 0.497 e. The average molecular weight is 1040 g/mol. The van der Waals surface area contributed by atoms with Crippen LogP contribution in [-0.4, -0.2) is 157 Å². The van der Waals surface area contributed by atoms with E-state index in [2.05, 4.69) is 49.7 Å². The van der Waals surface area contributed by atoms with Crippen LogP contribution in [0.2, 0.25) is 0 Å². The van der Waals surface area contributed by atoms with Crippen molar-refractivity contribution in [3.8, 4) is 35.7 Å². The van der Waals surface area contributed by atoms with Crippen molar-refractivity contribution in [3.05, 3.63) is 59.2 Å². The molecule has 0 aliphatic carbocycles. The number of carbonyl (C=O) groups excluding carboxylic acids is 4. The number of urea groups is 2. The standard InChI is InChI=1S/C47H63ClF2N6O12S2/c1-6-13-62-16-18-64-20-22-66-28-40(69-44-30(2)26-51-46(59)55-44)42(57)53-32(4)36-12-10-34(25-39(36)50)68-15-8-7-14-63-17-19-65-21-23-67-29-41(70-45-37(48)27-52-47(60)56-45)43(58)54-31(3)35-11-9-33(61-5)24-38(35)49/h1,9-12,24-25,30-32,37,40-41,44-45H,13-23,26-29H2,2-5H3,(H,53,57)(H,54,58)(H2,51,55,59)(H2,52,56,60)/t30?,31-,32-,37?,40+,41+,44?,45?/m1/s1. The van der Waals surface area contributed by atoms with Gasteiger partial charge in [0.15, 0.2) is 0 Å². The molecule has 6 N–H and O–H groups in total. The van der Waals surface area contributed by atoms with Gasteiger partial charge in [0.1, 0.15) is 53.5 Å². The summed E-state index contributed by atoms with van der Waals surface area (Å²) in [7, 11) is 1.43. The number of methoxy groups -OCH3 is 1. The first-order chi connectivity index (χ1) is 33.8. The number of halogens is 3. The Morgan fingerprint density at radius 3 is 1.74 bits per heavy atom. The van der Waals surface area contributed by atoms with Gasteiger partial charge in [-0.2, -0.15) is 0 Å². The summed E-state index contributed by atoms with van der Waals surface area (Å²) in [6.45, 7) is 8.24. The highest BCUT2D eigenvalue weighted by molar-refractivity contribution is 8.01. The van der Waals surface area contributed by atoms with Crippen LogP contribution in [-0.2, 0) is 38.0 Å². The lowest BCUT2D eigenvalue weighted by Crippen LogP contribution is -2.55. The first kappa shape index (κ1) is 57.8. The van der Waals surface area contributed by atoms with E-state index in [4.69, 9.17) is 55.9 Å². The predicted octanol–water partition coefficient (Wildman–Crippen LogP) is 3.87. The third-order valence-corrected chi connectivity index (χ3v) is 13.8. The van der Waals surface area contributed by atoms with Crippen molar-refractivity contribution >= 4 is 59.0 Å². The number of alkyl halides is 1. The Morgan fingerprint density at radius 2 is 1.19 bits per heavy atom. The molecule has 0 radical (unpaired) electrons. The molecule has 2 aromatic rings. The number of ether oxygens (including phenoxy) is 8. The third-order valence-electron chi connectivity index (χ3n) is 10.3. The second kappa shape index (κ2) is 32.3. The smallest absolute Gasteiger partial charge is 0.315 e. The topological polar surface area (TPSA) is 214 Å². The quantitative estimate of drug-likeness (QED) is 0.0360. The van der Waals surface area contributed by atoms with Crippen LogP contribution in [0.4, 0.5) is 18.4 Å². The van der Waals surface area contributed by atoms with Crippen molar-refractivity contribution in [2.24, 2.45) is 5.92 Å². The summed E-state index contributed by atoms with van der Waals surface area (Å²) in [5.41, 5.74) is 0.524. The molecule has 4 unspecified atom stereocenters. The van der Waals surface area contributed by atoms with Gasteiger partial charge in [-0.1, -0.05) is 36.8 Å². The molecule has 0 saturated carbocycles. The zero-order valence-corrected chi connectivity index (χ0v) is 42.0. The number of rotatable bonds is 31. The highest BCUT2D eigenvalue weighted by atomic mass is 35.5. The lowest BCUT2D eigenvalue weighted by molar-refractivity contribution is -0.123. The van der Waals surface area contributed by atoms with E-state index in [-0.39, 0.29) is 119 Å². The summed E-state index contributed by atoms with van der Waals surface area (Å²) >= 11 is 8.83. The van der Waals surface area contributed by atoms with E-state index in [0.717, 1.165) is 11.8 Å². The van der Waals surface area contributed by atoms with Gasteiger partial charge in [0.05, 0.1) is 101 Å². The van der Waals surface area contributed by atoms with E-state index >= 15 is 4.39 Å². The number of nitrogens with one attached hydrogen (secondary N) is 6. The molecule has 70 heavy (non-hydrogen) atoms. The van der Waals surface area contributed by atoms with E-state index in [1.807, 2.05) is 6.92 Å². The Hall–Kier alpha value is -4.75. The molecule has 2 heterocycles. The number of hydrogen-bond acceptors (Lipinski definition) is 14. The zero-order chi connectivity index (χ0) is 50.7. The van der Waals surface area contributed by atoms with E-state index < -0.39 is 56.9 Å². The van der Waals surface area contributed by atoms with Gasteiger partial charge >= 0.3 is 12.1 Å². The molecule has 6 amide bonds. The fourth-order valence-electron chi connectivity index (χ4n) is 6.48. The van der Waals surface area contributed by atoms with Gasteiger partial charge in [-0.25, -0.2) is 18.4 Å². The molecule has 386 valence electrons. The Morgan fingerprint density at radius 1 is 0.714 bits per heavy atom. The first-order valence-corrected chi connectivity index (χ1v) is 24.9. The van der Waals surface area contributed by atoms with Gasteiger partial charge in [-0.3, -0.25) is 9.59 Å². The molecular weight excluding hydrogens is 978 g/mol. The summed E-state index contributed by atoms with van der Waals surface area (Å²) in [5, 5.41) is 13.7. The Labute approximate surface area is 421 Å². The molecular formula is C47H63ClF2N6O12S2. The van der Waals surface area contributed by atoms with Crippen LogP contribution >= 0.6 is 35.1 Å². The van der Waals surface area contributed by atoms with Crippen molar-refractivity contribution < 1.29 is 65.9 Å². The lowest BCUT2D eigenvalue weighted by atomic mass is 10.1. The van der Waals surface area contributed by atoms with Crippen LogP contribution < -0.4 is 41.4 Å². The minimum Gasteiger partial charge on any atom is -0.497 e. The maximum atomic E-state index is 15.3. The second-order valence-corrected chi connectivity index (χ2v) is 18.9. The molecule has 2 aliphatic rings. The van der Waals surface area contributed by atoms with Crippen molar-refractivity contribution in [2.75, 3.05) is 106 Å². The highest BCUT2D eigenvalue weighted by Crippen LogP contribution is 2.29. The fraction of sp³-hybridized carbons (Fsp3) is 0.574. The van der Waals surface area contributed by atoms with Crippen molar-refractivity contribution in [1.82, 2.24) is 31.9 Å². The summed E-state index contributed by atoms with van der Waals surface area (Å²) in [4.78, 5) is 50.9.